The zero-order valence-electron chi connectivity index (χ0n) is 13.0. The molecule has 120 valence electrons. The van der Waals surface area contributed by atoms with Crippen LogP contribution in [0.4, 0.5) is 5.82 Å². The van der Waals surface area contributed by atoms with Crippen molar-refractivity contribution < 1.29 is 4.79 Å². The normalized spacial score (nSPS) is 14.8. The molecule has 0 saturated carbocycles. The Bertz CT molecular complexity index is 856. The van der Waals surface area contributed by atoms with E-state index in [1.165, 1.54) is 12.4 Å². The number of anilines is 1. The molecule has 1 amide bonds. The minimum Gasteiger partial charge on any atom is -0.352 e. The van der Waals surface area contributed by atoms with Crippen LogP contribution in [0.2, 0.25) is 0 Å². The number of amides is 1. The number of carbonyl (C=O) groups excluding carboxylic acids is 1. The van der Waals surface area contributed by atoms with Crippen molar-refractivity contribution in [1.82, 2.24) is 24.8 Å². The van der Waals surface area contributed by atoms with Crippen molar-refractivity contribution >= 4 is 22.6 Å². The highest BCUT2D eigenvalue weighted by Crippen LogP contribution is 2.23. The lowest BCUT2D eigenvalue weighted by Crippen LogP contribution is -2.49. The SMILES string of the molecule is O=C(c1cnccn1)N1CCN(c2ncnc3ccccc23)CC1. The van der Waals surface area contributed by atoms with Crippen molar-refractivity contribution in [1.29, 1.82) is 0 Å². The number of hydrogen-bond donors (Lipinski definition) is 0. The molecule has 7 heteroatoms. The third-order valence-corrected chi connectivity index (χ3v) is 4.17. The number of nitrogens with zero attached hydrogens (tertiary/aromatic N) is 6. The first-order valence-corrected chi connectivity index (χ1v) is 7.83. The first-order chi connectivity index (χ1) is 11.8. The van der Waals surface area contributed by atoms with Gasteiger partial charge in [-0.25, -0.2) is 15.0 Å². The van der Waals surface area contributed by atoms with Crippen LogP contribution in [0.1, 0.15) is 10.5 Å². The standard InChI is InChI=1S/C17H16N6O/c24-17(15-11-18-5-6-19-15)23-9-7-22(8-10-23)16-13-3-1-2-4-14(13)20-12-21-16/h1-6,11-12H,7-10H2. The number of benzene rings is 1. The Morgan fingerprint density at radius 2 is 1.79 bits per heavy atom. The van der Waals surface area contributed by atoms with Gasteiger partial charge in [0.25, 0.3) is 5.91 Å². The molecule has 0 spiro atoms. The fourth-order valence-electron chi connectivity index (χ4n) is 2.94. The van der Waals surface area contributed by atoms with E-state index in [2.05, 4.69) is 24.8 Å². The van der Waals surface area contributed by atoms with Gasteiger partial charge in [-0.2, -0.15) is 0 Å². The highest BCUT2D eigenvalue weighted by atomic mass is 16.2. The topological polar surface area (TPSA) is 75.1 Å². The molecule has 0 unspecified atom stereocenters. The minimum absolute atomic E-state index is 0.0738. The molecule has 1 fully saturated rings. The van der Waals surface area contributed by atoms with Gasteiger partial charge in [-0.15, -0.1) is 0 Å². The number of hydrogen-bond acceptors (Lipinski definition) is 6. The van der Waals surface area contributed by atoms with Crippen molar-refractivity contribution in [3.05, 3.63) is 54.9 Å². The summed E-state index contributed by atoms with van der Waals surface area (Å²) in [6.07, 6.45) is 6.20. The van der Waals surface area contributed by atoms with Gasteiger partial charge in [0.1, 0.15) is 17.8 Å². The van der Waals surface area contributed by atoms with E-state index in [0.717, 1.165) is 29.8 Å². The molecule has 1 aromatic carbocycles. The Kier molecular flexibility index (Phi) is 3.74. The van der Waals surface area contributed by atoms with Crippen LogP contribution in [-0.2, 0) is 0 Å². The summed E-state index contributed by atoms with van der Waals surface area (Å²) in [7, 11) is 0. The van der Waals surface area contributed by atoms with Gasteiger partial charge in [-0.05, 0) is 12.1 Å². The number of aromatic nitrogens is 4. The third kappa shape index (κ3) is 2.64. The Morgan fingerprint density at radius 1 is 0.958 bits per heavy atom. The molecule has 0 aliphatic carbocycles. The second kappa shape index (κ2) is 6.19. The maximum atomic E-state index is 12.4. The van der Waals surface area contributed by atoms with Crippen molar-refractivity contribution in [2.24, 2.45) is 0 Å². The van der Waals surface area contributed by atoms with Gasteiger partial charge in [-0.1, -0.05) is 12.1 Å². The molecule has 3 aromatic rings. The lowest BCUT2D eigenvalue weighted by Gasteiger charge is -2.35. The number of piperazine rings is 1. The van der Waals surface area contributed by atoms with Crippen LogP contribution < -0.4 is 4.90 Å². The van der Waals surface area contributed by atoms with E-state index in [1.54, 1.807) is 12.5 Å². The Hall–Kier alpha value is -3.09. The second-order valence-corrected chi connectivity index (χ2v) is 5.58. The highest BCUT2D eigenvalue weighted by molar-refractivity contribution is 5.92. The van der Waals surface area contributed by atoms with Crippen molar-refractivity contribution in [3.63, 3.8) is 0 Å². The summed E-state index contributed by atoms with van der Waals surface area (Å²) in [6, 6.07) is 7.97. The number of carbonyl (C=O) groups is 1. The van der Waals surface area contributed by atoms with Crippen molar-refractivity contribution in [2.45, 2.75) is 0 Å². The predicted octanol–water partition coefficient (Wildman–Crippen LogP) is 1.38. The van der Waals surface area contributed by atoms with Crippen LogP contribution in [0.5, 0.6) is 0 Å². The van der Waals surface area contributed by atoms with Gasteiger partial charge in [-0.3, -0.25) is 9.78 Å². The van der Waals surface area contributed by atoms with Crippen LogP contribution in [0.15, 0.2) is 49.2 Å². The molecule has 24 heavy (non-hydrogen) atoms. The first-order valence-electron chi connectivity index (χ1n) is 7.83. The second-order valence-electron chi connectivity index (χ2n) is 5.58. The summed E-state index contributed by atoms with van der Waals surface area (Å²) in [4.78, 5) is 33.2. The van der Waals surface area contributed by atoms with Crippen molar-refractivity contribution in [3.8, 4) is 0 Å². The molecule has 0 atom stereocenters. The molecule has 0 bridgehead atoms. The maximum absolute atomic E-state index is 12.4. The van der Waals surface area contributed by atoms with E-state index in [9.17, 15) is 4.79 Å². The maximum Gasteiger partial charge on any atom is 0.274 e. The molecule has 0 N–H and O–H groups in total. The average Bonchev–Trinajstić information content (AvgIpc) is 2.68. The molecule has 1 aliphatic heterocycles. The fourth-order valence-corrected chi connectivity index (χ4v) is 2.94. The largest absolute Gasteiger partial charge is 0.352 e. The van der Waals surface area contributed by atoms with E-state index >= 15 is 0 Å². The Morgan fingerprint density at radius 3 is 2.58 bits per heavy atom. The van der Waals surface area contributed by atoms with Gasteiger partial charge < -0.3 is 9.80 Å². The zero-order valence-corrected chi connectivity index (χ0v) is 13.0. The summed E-state index contributed by atoms with van der Waals surface area (Å²) >= 11 is 0. The average molecular weight is 320 g/mol. The highest BCUT2D eigenvalue weighted by Gasteiger charge is 2.24. The van der Waals surface area contributed by atoms with Crippen LogP contribution in [-0.4, -0.2) is 56.9 Å². The van der Waals surface area contributed by atoms with E-state index in [-0.39, 0.29) is 5.91 Å². The molecular weight excluding hydrogens is 304 g/mol. The van der Waals surface area contributed by atoms with Gasteiger partial charge in [0.05, 0.1) is 11.7 Å². The molecule has 2 aromatic heterocycles. The number of para-hydroxylation sites is 1. The molecular formula is C17H16N6O. The van der Waals surface area contributed by atoms with Gasteiger partial charge >= 0.3 is 0 Å². The molecule has 7 nitrogen and oxygen atoms in total. The van der Waals surface area contributed by atoms with Crippen LogP contribution in [0.3, 0.4) is 0 Å². The van der Waals surface area contributed by atoms with E-state index in [0.29, 0.717) is 18.8 Å². The Balaban J connectivity index is 1.51. The summed E-state index contributed by atoms with van der Waals surface area (Å²) in [6.45, 7) is 2.72. The third-order valence-electron chi connectivity index (χ3n) is 4.17. The number of fused-ring (bicyclic) bond motifs is 1. The van der Waals surface area contributed by atoms with Crippen LogP contribution in [0, 0.1) is 0 Å². The predicted molar refractivity (Wildman–Crippen MR) is 89.7 cm³/mol. The van der Waals surface area contributed by atoms with E-state index in [1.807, 2.05) is 29.2 Å². The molecule has 1 saturated heterocycles. The zero-order chi connectivity index (χ0) is 16.4. The smallest absolute Gasteiger partial charge is 0.274 e. The number of rotatable bonds is 2. The van der Waals surface area contributed by atoms with Gasteiger partial charge in [0, 0.05) is 44.0 Å². The summed E-state index contributed by atoms with van der Waals surface area (Å²) in [5.74, 6) is 0.850. The summed E-state index contributed by atoms with van der Waals surface area (Å²) in [5, 5.41) is 1.04. The minimum atomic E-state index is -0.0738. The van der Waals surface area contributed by atoms with E-state index < -0.39 is 0 Å². The van der Waals surface area contributed by atoms with Gasteiger partial charge in [0.2, 0.25) is 0 Å². The summed E-state index contributed by atoms with van der Waals surface area (Å²) in [5.41, 5.74) is 1.32. The first kappa shape index (κ1) is 14.5. The molecule has 3 heterocycles. The summed E-state index contributed by atoms with van der Waals surface area (Å²) < 4.78 is 0. The lowest BCUT2D eigenvalue weighted by atomic mass is 10.2. The van der Waals surface area contributed by atoms with Gasteiger partial charge in [0.15, 0.2) is 0 Å². The van der Waals surface area contributed by atoms with Crippen LogP contribution >= 0.6 is 0 Å². The monoisotopic (exact) mass is 320 g/mol. The fraction of sp³-hybridized carbons (Fsp3) is 0.235. The lowest BCUT2D eigenvalue weighted by molar-refractivity contribution is 0.0740. The van der Waals surface area contributed by atoms with Crippen LogP contribution in [0.25, 0.3) is 10.9 Å². The molecule has 4 rings (SSSR count). The van der Waals surface area contributed by atoms with Crippen molar-refractivity contribution in [2.75, 3.05) is 31.1 Å². The Labute approximate surface area is 139 Å². The molecule has 1 aliphatic rings. The van der Waals surface area contributed by atoms with E-state index in [4.69, 9.17) is 0 Å². The molecule has 0 radical (unpaired) electrons. The quantitative estimate of drug-likeness (QED) is 0.710.